The second-order valence-electron chi connectivity index (χ2n) is 3.83. The van der Waals surface area contributed by atoms with Crippen LogP contribution in [0, 0.1) is 0 Å². The molecule has 0 aromatic heterocycles. The molecule has 1 rings (SSSR count). The molecule has 0 aromatic carbocycles. The lowest BCUT2D eigenvalue weighted by Gasteiger charge is -2.32. The second-order valence-corrected chi connectivity index (χ2v) is 3.83. The lowest BCUT2D eigenvalue weighted by atomic mass is 10.0. The molecule has 0 unspecified atom stereocenters. The minimum absolute atomic E-state index is 0.313. The van der Waals surface area contributed by atoms with E-state index >= 15 is 0 Å². The number of hydrogen-bond donors (Lipinski definition) is 0. The topological polar surface area (TPSA) is 20.3 Å². The van der Waals surface area contributed by atoms with Crippen molar-refractivity contribution in [3.63, 3.8) is 0 Å². The summed E-state index contributed by atoms with van der Waals surface area (Å²) in [5.74, 6) is 0.313. The Morgan fingerprint density at radius 2 is 2.25 bits per heavy atom. The van der Waals surface area contributed by atoms with Crippen molar-refractivity contribution in [1.82, 2.24) is 4.90 Å². The molecule has 0 N–H and O–H groups in total. The van der Waals surface area contributed by atoms with Gasteiger partial charge in [-0.15, -0.1) is 0 Å². The van der Waals surface area contributed by atoms with Gasteiger partial charge < -0.3 is 4.90 Å². The van der Waals surface area contributed by atoms with E-state index in [1.807, 2.05) is 0 Å². The SMILES string of the molecule is CC(=O)CCN1CCCC[C@@H]1C. The normalized spacial score (nSPS) is 25.7. The first-order chi connectivity index (χ1) is 5.70. The van der Waals surface area contributed by atoms with Crippen molar-refractivity contribution in [2.24, 2.45) is 0 Å². The van der Waals surface area contributed by atoms with Gasteiger partial charge in [-0.05, 0) is 33.2 Å². The fourth-order valence-corrected chi connectivity index (χ4v) is 1.79. The Balaban J connectivity index is 2.24. The highest BCUT2D eigenvalue weighted by atomic mass is 16.1. The third-order valence-corrected chi connectivity index (χ3v) is 2.69. The molecule has 0 aliphatic carbocycles. The van der Waals surface area contributed by atoms with Gasteiger partial charge in [-0.25, -0.2) is 0 Å². The van der Waals surface area contributed by atoms with E-state index in [0.29, 0.717) is 11.8 Å². The molecule has 1 atom stereocenters. The highest BCUT2D eigenvalue weighted by molar-refractivity contribution is 5.75. The molecule has 0 saturated carbocycles. The van der Waals surface area contributed by atoms with Gasteiger partial charge in [0.25, 0.3) is 0 Å². The molecule has 1 aliphatic rings. The quantitative estimate of drug-likeness (QED) is 0.642. The molecular formula is C10H19NO. The predicted molar refractivity (Wildman–Crippen MR) is 50.2 cm³/mol. The summed E-state index contributed by atoms with van der Waals surface area (Å²) < 4.78 is 0. The van der Waals surface area contributed by atoms with Crippen LogP contribution < -0.4 is 0 Å². The molecule has 1 saturated heterocycles. The lowest BCUT2D eigenvalue weighted by Crippen LogP contribution is -2.38. The van der Waals surface area contributed by atoms with E-state index in [2.05, 4.69) is 11.8 Å². The fraction of sp³-hybridized carbons (Fsp3) is 0.900. The zero-order valence-corrected chi connectivity index (χ0v) is 8.18. The predicted octanol–water partition coefficient (Wildman–Crippen LogP) is 1.84. The van der Waals surface area contributed by atoms with E-state index in [1.54, 1.807) is 6.92 Å². The van der Waals surface area contributed by atoms with Gasteiger partial charge in [-0.1, -0.05) is 6.42 Å². The minimum Gasteiger partial charge on any atom is -0.300 e. The first kappa shape index (κ1) is 9.72. The minimum atomic E-state index is 0.313. The van der Waals surface area contributed by atoms with Gasteiger partial charge in [0.1, 0.15) is 5.78 Å². The first-order valence-corrected chi connectivity index (χ1v) is 4.93. The molecule has 1 fully saturated rings. The Morgan fingerprint density at radius 3 is 2.83 bits per heavy atom. The summed E-state index contributed by atoms with van der Waals surface area (Å²) in [4.78, 5) is 13.2. The number of rotatable bonds is 3. The maximum atomic E-state index is 10.8. The molecule has 0 aromatic rings. The van der Waals surface area contributed by atoms with Crippen LogP contribution in [0.2, 0.25) is 0 Å². The summed E-state index contributed by atoms with van der Waals surface area (Å²) in [6.45, 7) is 6.10. The van der Waals surface area contributed by atoms with Crippen molar-refractivity contribution in [2.45, 2.75) is 45.6 Å². The van der Waals surface area contributed by atoms with Gasteiger partial charge in [-0.3, -0.25) is 4.79 Å². The molecule has 1 heterocycles. The third-order valence-electron chi connectivity index (χ3n) is 2.69. The van der Waals surface area contributed by atoms with Crippen LogP contribution >= 0.6 is 0 Å². The zero-order valence-electron chi connectivity index (χ0n) is 8.18. The Hall–Kier alpha value is -0.370. The van der Waals surface area contributed by atoms with Crippen molar-refractivity contribution in [3.8, 4) is 0 Å². The number of carbonyl (C=O) groups excluding carboxylic acids is 1. The summed E-state index contributed by atoms with van der Waals surface area (Å²) in [5, 5.41) is 0. The Bertz CT molecular complexity index is 156. The maximum absolute atomic E-state index is 10.8. The monoisotopic (exact) mass is 169 g/mol. The molecule has 70 valence electrons. The number of hydrogen-bond acceptors (Lipinski definition) is 2. The standard InChI is InChI=1S/C10H19NO/c1-9-5-3-4-7-11(9)8-6-10(2)12/h9H,3-8H2,1-2H3/t9-/m0/s1. The third kappa shape index (κ3) is 2.94. The zero-order chi connectivity index (χ0) is 8.97. The van der Waals surface area contributed by atoms with Crippen LogP contribution in [0.3, 0.4) is 0 Å². The van der Waals surface area contributed by atoms with Crippen LogP contribution in [-0.4, -0.2) is 29.8 Å². The average molecular weight is 169 g/mol. The summed E-state index contributed by atoms with van der Waals surface area (Å²) >= 11 is 0. The molecule has 12 heavy (non-hydrogen) atoms. The van der Waals surface area contributed by atoms with Gasteiger partial charge in [0.05, 0.1) is 0 Å². The number of carbonyl (C=O) groups is 1. The maximum Gasteiger partial charge on any atom is 0.131 e. The van der Waals surface area contributed by atoms with Crippen molar-refractivity contribution in [2.75, 3.05) is 13.1 Å². The highest BCUT2D eigenvalue weighted by Crippen LogP contribution is 2.16. The second kappa shape index (κ2) is 4.61. The highest BCUT2D eigenvalue weighted by Gasteiger charge is 2.17. The van der Waals surface area contributed by atoms with Crippen LogP contribution in [0.4, 0.5) is 0 Å². The molecule has 0 spiro atoms. The van der Waals surface area contributed by atoms with Gasteiger partial charge in [-0.2, -0.15) is 0 Å². The molecule has 2 nitrogen and oxygen atoms in total. The van der Waals surface area contributed by atoms with E-state index < -0.39 is 0 Å². The Kier molecular flexibility index (Phi) is 3.73. The van der Waals surface area contributed by atoms with Gasteiger partial charge in [0.15, 0.2) is 0 Å². The summed E-state index contributed by atoms with van der Waals surface area (Å²) in [6, 6.07) is 0.693. The number of Topliss-reactive ketones (excluding diaryl/α,β-unsaturated/α-hetero) is 1. The molecule has 2 heteroatoms. The van der Waals surface area contributed by atoms with Crippen LogP contribution in [-0.2, 0) is 4.79 Å². The van der Waals surface area contributed by atoms with E-state index in [4.69, 9.17) is 0 Å². The van der Waals surface area contributed by atoms with Crippen molar-refractivity contribution in [3.05, 3.63) is 0 Å². The van der Waals surface area contributed by atoms with Crippen molar-refractivity contribution in [1.29, 1.82) is 0 Å². The van der Waals surface area contributed by atoms with Gasteiger partial charge in [0.2, 0.25) is 0 Å². The van der Waals surface area contributed by atoms with Crippen LogP contribution in [0.5, 0.6) is 0 Å². The van der Waals surface area contributed by atoms with Gasteiger partial charge >= 0.3 is 0 Å². The summed E-state index contributed by atoms with van der Waals surface area (Å²) in [6.07, 6.45) is 4.70. The molecule has 0 radical (unpaired) electrons. The van der Waals surface area contributed by atoms with Crippen LogP contribution in [0.25, 0.3) is 0 Å². The molecule has 0 bridgehead atoms. The van der Waals surface area contributed by atoms with E-state index in [1.165, 1.54) is 25.8 Å². The molecule has 1 aliphatic heterocycles. The van der Waals surface area contributed by atoms with E-state index in [9.17, 15) is 4.79 Å². The number of piperidine rings is 1. The first-order valence-electron chi connectivity index (χ1n) is 4.93. The van der Waals surface area contributed by atoms with Crippen molar-refractivity contribution >= 4 is 5.78 Å². The number of ketones is 1. The molecular weight excluding hydrogens is 150 g/mol. The summed E-state index contributed by atoms with van der Waals surface area (Å²) in [5.41, 5.74) is 0. The number of likely N-dealkylation sites (tertiary alicyclic amines) is 1. The Labute approximate surface area is 74.9 Å². The smallest absolute Gasteiger partial charge is 0.131 e. The lowest BCUT2D eigenvalue weighted by molar-refractivity contribution is -0.117. The van der Waals surface area contributed by atoms with E-state index in [-0.39, 0.29) is 0 Å². The average Bonchev–Trinajstić information content (AvgIpc) is 2.03. The van der Waals surface area contributed by atoms with Crippen LogP contribution in [0.15, 0.2) is 0 Å². The summed E-state index contributed by atoms with van der Waals surface area (Å²) in [7, 11) is 0. The number of nitrogens with zero attached hydrogens (tertiary/aromatic N) is 1. The van der Waals surface area contributed by atoms with Gasteiger partial charge in [0, 0.05) is 19.0 Å². The Morgan fingerprint density at radius 1 is 1.50 bits per heavy atom. The largest absolute Gasteiger partial charge is 0.300 e. The fourth-order valence-electron chi connectivity index (χ4n) is 1.79. The van der Waals surface area contributed by atoms with Crippen molar-refractivity contribution < 1.29 is 4.79 Å². The molecule has 0 amide bonds. The van der Waals surface area contributed by atoms with E-state index in [0.717, 1.165) is 13.0 Å². The van der Waals surface area contributed by atoms with Crippen LogP contribution in [0.1, 0.15) is 39.5 Å².